The average Bonchev–Trinajstić information content (AvgIpc) is 3.59. The van der Waals surface area contributed by atoms with E-state index in [2.05, 4.69) is 10.3 Å². The van der Waals surface area contributed by atoms with Crippen molar-refractivity contribution in [1.82, 2.24) is 24.8 Å². The molecule has 2 fully saturated rings. The first-order valence-electron chi connectivity index (χ1n) is 13.2. The number of ether oxygens (including phenoxy) is 1. The molecule has 2 aromatic rings. The average molecular weight is 602 g/mol. The number of amides is 2. The molecule has 0 spiro atoms. The number of rotatable bonds is 8. The Morgan fingerprint density at radius 1 is 1.20 bits per heavy atom. The Morgan fingerprint density at radius 2 is 1.93 bits per heavy atom. The normalized spacial score (nSPS) is 23.8. The van der Waals surface area contributed by atoms with Crippen LogP contribution in [-0.2, 0) is 34.5 Å². The van der Waals surface area contributed by atoms with Gasteiger partial charge in [0.2, 0.25) is 17.7 Å². The van der Waals surface area contributed by atoms with Crippen molar-refractivity contribution >= 4 is 29.4 Å². The molecule has 41 heavy (non-hydrogen) atoms. The van der Waals surface area contributed by atoms with Gasteiger partial charge in [-0.3, -0.25) is 14.4 Å². The van der Waals surface area contributed by atoms with Crippen LogP contribution in [0.3, 0.4) is 0 Å². The topological polar surface area (TPSA) is 118 Å². The highest BCUT2D eigenvalue weighted by molar-refractivity contribution is 6.31. The summed E-state index contributed by atoms with van der Waals surface area (Å²) in [5.74, 6) is -8.52. The second kappa shape index (κ2) is 11.1. The van der Waals surface area contributed by atoms with Crippen LogP contribution in [0, 0.1) is 11.8 Å². The van der Waals surface area contributed by atoms with Gasteiger partial charge >= 0.3 is 5.97 Å². The van der Waals surface area contributed by atoms with Gasteiger partial charge < -0.3 is 19.6 Å². The number of benzene rings is 1. The third kappa shape index (κ3) is 5.57. The van der Waals surface area contributed by atoms with Gasteiger partial charge in [-0.05, 0) is 30.5 Å². The Balaban J connectivity index is 1.53. The second-order valence-electron chi connectivity index (χ2n) is 10.6. The molecular weight excluding hydrogens is 574 g/mol. The Bertz CT molecular complexity index is 1370. The van der Waals surface area contributed by atoms with Crippen LogP contribution >= 0.6 is 11.6 Å². The van der Waals surface area contributed by atoms with E-state index in [9.17, 15) is 37.1 Å². The summed E-state index contributed by atoms with van der Waals surface area (Å²) in [5.41, 5.74) is 0.491. The lowest BCUT2D eigenvalue weighted by Crippen LogP contribution is -2.48. The van der Waals surface area contributed by atoms with Crippen LogP contribution in [0.4, 0.5) is 17.6 Å². The van der Waals surface area contributed by atoms with Crippen LogP contribution in [0.15, 0.2) is 12.1 Å². The number of halogens is 5. The second-order valence-corrected chi connectivity index (χ2v) is 11.0. The van der Waals surface area contributed by atoms with Crippen LogP contribution in [0.5, 0.6) is 5.75 Å². The first-order valence-corrected chi connectivity index (χ1v) is 13.5. The molecule has 1 aromatic carbocycles. The molecule has 1 aliphatic carbocycles. The van der Waals surface area contributed by atoms with E-state index in [1.807, 2.05) is 0 Å². The van der Waals surface area contributed by atoms with Crippen LogP contribution in [0.25, 0.3) is 0 Å². The van der Waals surface area contributed by atoms with Crippen molar-refractivity contribution in [3.05, 3.63) is 39.7 Å². The van der Waals surface area contributed by atoms with Crippen LogP contribution in [-0.4, -0.2) is 73.2 Å². The lowest BCUT2D eigenvalue weighted by molar-refractivity contribution is -0.150. The predicted octanol–water partition coefficient (Wildman–Crippen LogP) is 3.78. The number of nitrogens with zero attached hydrogens (tertiary/aromatic N) is 5. The zero-order valence-electron chi connectivity index (χ0n) is 22.0. The minimum atomic E-state index is -3.31. The number of carbonyl (C=O) groups is 3. The number of aromatic nitrogens is 3. The quantitative estimate of drug-likeness (QED) is 0.458. The van der Waals surface area contributed by atoms with Gasteiger partial charge in [0.25, 0.3) is 6.43 Å². The Kier molecular flexibility index (Phi) is 7.88. The van der Waals surface area contributed by atoms with E-state index < -0.39 is 60.6 Å². The fourth-order valence-corrected chi connectivity index (χ4v) is 6.39. The fourth-order valence-electron chi connectivity index (χ4n) is 6.13. The minimum Gasteiger partial charge on any atom is -0.487 e. The Labute approximate surface area is 237 Å². The monoisotopic (exact) mass is 601 g/mol. The number of aliphatic carboxylic acids is 1. The molecule has 2 aliphatic heterocycles. The molecule has 2 unspecified atom stereocenters. The molecule has 10 nitrogen and oxygen atoms in total. The van der Waals surface area contributed by atoms with E-state index in [0.717, 1.165) is 4.68 Å². The number of carboxylic acid groups (broad SMARTS) is 1. The van der Waals surface area contributed by atoms with Gasteiger partial charge in [0.05, 0.1) is 17.9 Å². The summed E-state index contributed by atoms with van der Waals surface area (Å²) >= 11 is 6.53. The summed E-state index contributed by atoms with van der Waals surface area (Å²) in [6.45, 7) is 0.0826. The van der Waals surface area contributed by atoms with Gasteiger partial charge in [0.1, 0.15) is 23.7 Å². The molecule has 3 aliphatic rings. The lowest BCUT2D eigenvalue weighted by atomic mass is 9.88. The molecule has 3 atom stereocenters. The molecule has 222 valence electrons. The smallest absolute Gasteiger partial charge is 0.307 e. The summed E-state index contributed by atoms with van der Waals surface area (Å²) in [5, 5.41) is 17.4. The van der Waals surface area contributed by atoms with Crippen molar-refractivity contribution in [1.29, 1.82) is 0 Å². The number of aryl methyl sites for hydroxylation is 1. The fraction of sp³-hybridized carbons (Fsp3) is 0.577. The third-order valence-electron chi connectivity index (χ3n) is 8.09. The maximum atomic E-state index is 14.3. The number of carbonyl (C=O) groups excluding carboxylic acids is 2. The van der Waals surface area contributed by atoms with Crippen molar-refractivity contribution < 1.29 is 41.8 Å². The van der Waals surface area contributed by atoms with E-state index in [1.165, 1.54) is 18.0 Å². The number of hydrogen-bond acceptors (Lipinski definition) is 6. The largest absolute Gasteiger partial charge is 0.487 e. The molecule has 3 heterocycles. The highest BCUT2D eigenvalue weighted by Gasteiger charge is 2.54. The molecule has 1 saturated heterocycles. The van der Waals surface area contributed by atoms with E-state index in [4.69, 9.17) is 16.3 Å². The van der Waals surface area contributed by atoms with Crippen LogP contribution < -0.4 is 4.74 Å². The summed E-state index contributed by atoms with van der Waals surface area (Å²) < 4.78 is 62.7. The van der Waals surface area contributed by atoms with E-state index >= 15 is 0 Å². The van der Waals surface area contributed by atoms with Crippen LogP contribution in [0.2, 0.25) is 5.02 Å². The molecule has 1 aromatic heterocycles. The van der Waals surface area contributed by atoms with Crippen molar-refractivity contribution in [2.75, 3.05) is 19.6 Å². The van der Waals surface area contributed by atoms with E-state index in [-0.39, 0.29) is 43.5 Å². The summed E-state index contributed by atoms with van der Waals surface area (Å²) in [6.07, 6.45) is -3.58. The number of fused-ring (bicyclic) bond motifs is 1. The Hall–Kier alpha value is -3.42. The molecule has 15 heteroatoms. The molecule has 0 bridgehead atoms. The SMILES string of the molecule is Cn1nnc(COc2ccc(Cl)c3c2[C@@H](CN2CCCC2=O)N(C(=O)C2CC(F)(F)CC2C(=O)O)CC3)c1C(F)F. The van der Waals surface area contributed by atoms with Crippen molar-refractivity contribution in [2.45, 2.75) is 57.1 Å². The van der Waals surface area contributed by atoms with Gasteiger partial charge in [-0.25, -0.2) is 22.2 Å². The summed E-state index contributed by atoms with van der Waals surface area (Å²) in [7, 11) is 1.33. The van der Waals surface area contributed by atoms with Crippen molar-refractivity contribution in [3.63, 3.8) is 0 Å². The first-order chi connectivity index (χ1) is 19.4. The van der Waals surface area contributed by atoms with Crippen LogP contribution in [0.1, 0.15) is 60.7 Å². The molecule has 0 radical (unpaired) electrons. The third-order valence-corrected chi connectivity index (χ3v) is 8.45. The maximum absolute atomic E-state index is 14.3. The number of likely N-dealkylation sites (tertiary alicyclic amines) is 1. The van der Waals surface area contributed by atoms with Gasteiger partial charge in [-0.1, -0.05) is 16.8 Å². The maximum Gasteiger partial charge on any atom is 0.307 e. The lowest BCUT2D eigenvalue weighted by Gasteiger charge is -2.41. The number of hydrogen-bond donors (Lipinski definition) is 1. The van der Waals surface area contributed by atoms with Gasteiger partial charge in [-0.15, -0.1) is 5.10 Å². The van der Waals surface area contributed by atoms with E-state index in [1.54, 1.807) is 11.0 Å². The molecule has 5 rings (SSSR count). The summed E-state index contributed by atoms with van der Waals surface area (Å²) in [4.78, 5) is 41.1. The van der Waals surface area contributed by atoms with E-state index in [0.29, 0.717) is 35.5 Å². The van der Waals surface area contributed by atoms with Gasteiger partial charge in [-0.2, -0.15) is 0 Å². The first kappa shape index (κ1) is 29.1. The number of carboxylic acids is 1. The minimum absolute atomic E-state index is 0.00253. The molecule has 1 saturated carbocycles. The predicted molar refractivity (Wildman–Crippen MR) is 135 cm³/mol. The Morgan fingerprint density at radius 3 is 2.59 bits per heavy atom. The van der Waals surface area contributed by atoms with Crippen molar-refractivity contribution in [2.24, 2.45) is 18.9 Å². The van der Waals surface area contributed by atoms with Crippen molar-refractivity contribution in [3.8, 4) is 5.75 Å². The van der Waals surface area contributed by atoms with Gasteiger partial charge in [0.15, 0.2) is 0 Å². The zero-order valence-corrected chi connectivity index (χ0v) is 22.8. The van der Waals surface area contributed by atoms with Gasteiger partial charge in [0, 0.05) is 56.5 Å². The molecule has 2 amide bonds. The highest BCUT2D eigenvalue weighted by atomic mass is 35.5. The highest BCUT2D eigenvalue weighted by Crippen LogP contribution is 2.47. The summed E-state index contributed by atoms with van der Waals surface area (Å²) in [6, 6.07) is 2.17. The molecular formula is C26H28ClF4N5O5. The number of alkyl halides is 4. The molecule has 1 N–H and O–H groups in total. The standard InChI is InChI=1S/C26H28ClF4N5O5/c1-34-22(23(28)29)17(32-33-34)12-41-19-5-4-16(27)13-6-8-36(18(21(13)19)11-35-7-2-3-20(35)37)24(38)14-9-26(30,31)10-15(14)25(39)40/h4-5,14-15,18,23H,2-3,6-12H2,1H3,(H,39,40)/t14?,15?,18-/m1/s1. The zero-order chi connectivity index (χ0) is 29.6.